The van der Waals surface area contributed by atoms with Gasteiger partial charge >= 0.3 is 0 Å². The Morgan fingerprint density at radius 2 is 1.89 bits per heavy atom. The summed E-state index contributed by atoms with van der Waals surface area (Å²) in [5, 5.41) is -0.313. The fourth-order valence-electron chi connectivity index (χ4n) is 2.62. The van der Waals surface area contributed by atoms with Crippen molar-refractivity contribution < 1.29 is 8.42 Å². The maximum absolute atomic E-state index is 11.9. The molecule has 4 heteroatoms. The van der Waals surface area contributed by atoms with Gasteiger partial charge in [-0.05, 0) is 50.7 Å². The Kier molecular flexibility index (Phi) is 4.02. The van der Waals surface area contributed by atoms with Crippen molar-refractivity contribution >= 4 is 9.84 Å². The van der Waals surface area contributed by atoms with Gasteiger partial charge in [0.15, 0.2) is 9.84 Å². The lowest BCUT2D eigenvalue weighted by atomic mass is 9.77. The predicted molar refractivity (Wildman–Crippen MR) is 78.9 cm³/mol. The minimum Gasteiger partial charge on any atom is -0.325 e. The quantitative estimate of drug-likeness (QED) is 0.919. The first kappa shape index (κ1) is 14.5. The van der Waals surface area contributed by atoms with Crippen LogP contribution in [0.4, 0.5) is 0 Å². The number of benzene rings is 1. The van der Waals surface area contributed by atoms with Gasteiger partial charge in [0.05, 0.1) is 11.0 Å². The second-order valence-corrected chi connectivity index (χ2v) is 8.65. The van der Waals surface area contributed by atoms with Gasteiger partial charge in [0.25, 0.3) is 0 Å². The summed E-state index contributed by atoms with van der Waals surface area (Å²) in [6.07, 6.45) is 3.17. The van der Waals surface area contributed by atoms with E-state index in [0.29, 0.717) is 6.42 Å². The Morgan fingerprint density at radius 3 is 2.53 bits per heavy atom. The minimum absolute atomic E-state index is 0.198. The molecule has 1 aromatic carbocycles. The number of hydrogen-bond donors (Lipinski definition) is 1. The van der Waals surface area contributed by atoms with Crippen LogP contribution in [0.1, 0.15) is 37.8 Å². The van der Waals surface area contributed by atoms with Gasteiger partial charge in [-0.1, -0.05) is 24.3 Å². The molecule has 106 valence electrons. The average Bonchev–Trinajstić information content (AvgIpc) is 2.36. The summed E-state index contributed by atoms with van der Waals surface area (Å²) in [4.78, 5) is 0. The molecule has 0 fully saturated rings. The first-order valence-electron chi connectivity index (χ1n) is 6.90. The fraction of sp³-hybridized carbons (Fsp3) is 0.600. The molecule has 1 aromatic rings. The van der Waals surface area contributed by atoms with Gasteiger partial charge in [-0.3, -0.25) is 0 Å². The minimum atomic E-state index is -2.99. The van der Waals surface area contributed by atoms with E-state index < -0.39 is 9.84 Å². The van der Waals surface area contributed by atoms with Crippen molar-refractivity contribution in [1.82, 2.24) is 0 Å². The van der Waals surface area contributed by atoms with Crippen molar-refractivity contribution in [2.24, 2.45) is 5.73 Å². The van der Waals surface area contributed by atoms with Gasteiger partial charge in [-0.15, -0.1) is 0 Å². The zero-order chi connectivity index (χ0) is 14.1. The zero-order valence-corrected chi connectivity index (χ0v) is 12.5. The largest absolute Gasteiger partial charge is 0.325 e. The third-order valence-electron chi connectivity index (χ3n) is 4.16. The average molecular weight is 281 g/mol. The molecule has 0 aromatic heterocycles. The Labute approximate surface area is 116 Å². The summed E-state index contributed by atoms with van der Waals surface area (Å²) in [6, 6.07) is 8.31. The van der Waals surface area contributed by atoms with E-state index in [1.165, 1.54) is 11.1 Å². The van der Waals surface area contributed by atoms with E-state index in [9.17, 15) is 8.42 Å². The summed E-state index contributed by atoms with van der Waals surface area (Å²) in [5.74, 6) is 0.198. The normalized spacial score (nSPS) is 23.4. The number of rotatable bonds is 4. The summed E-state index contributed by atoms with van der Waals surface area (Å²) < 4.78 is 23.8. The number of aryl methyl sites for hydroxylation is 1. The Hall–Kier alpha value is -0.870. The van der Waals surface area contributed by atoms with E-state index in [1.807, 2.05) is 12.1 Å². The molecule has 1 atom stereocenters. The highest BCUT2D eigenvalue weighted by Crippen LogP contribution is 2.29. The fourth-order valence-corrected chi connectivity index (χ4v) is 3.78. The molecule has 1 unspecified atom stereocenters. The molecule has 2 rings (SSSR count). The van der Waals surface area contributed by atoms with Crippen LogP contribution in [0.15, 0.2) is 24.3 Å². The zero-order valence-electron chi connectivity index (χ0n) is 11.7. The van der Waals surface area contributed by atoms with E-state index in [1.54, 1.807) is 13.8 Å². The van der Waals surface area contributed by atoms with Crippen molar-refractivity contribution in [1.29, 1.82) is 0 Å². The van der Waals surface area contributed by atoms with Crippen molar-refractivity contribution in [3.05, 3.63) is 35.4 Å². The van der Waals surface area contributed by atoms with E-state index in [4.69, 9.17) is 5.73 Å². The summed E-state index contributed by atoms with van der Waals surface area (Å²) in [5.41, 5.74) is 8.68. The van der Waals surface area contributed by atoms with E-state index in [0.717, 1.165) is 19.3 Å². The number of hydrogen-bond acceptors (Lipinski definition) is 3. The molecule has 1 aliphatic carbocycles. The van der Waals surface area contributed by atoms with Crippen LogP contribution in [-0.4, -0.2) is 25.0 Å². The molecule has 0 saturated heterocycles. The van der Waals surface area contributed by atoms with Crippen LogP contribution in [0.2, 0.25) is 0 Å². The van der Waals surface area contributed by atoms with Crippen molar-refractivity contribution in [2.45, 2.75) is 50.3 Å². The lowest BCUT2D eigenvalue weighted by molar-refractivity contribution is 0.359. The van der Waals surface area contributed by atoms with Gasteiger partial charge in [0.1, 0.15) is 0 Å². The van der Waals surface area contributed by atoms with Crippen molar-refractivity contribution in [3.8, 4) is 0 Å². The number of sulfone groups is 1. The van der Waals surface area contributed by atoms with Crippen LogP contribution in [0.25, 0.3) is 0 Å². The summed E-state index contributed by atoms with van der Waals surface area (Å²) in [7, 11) is -2.99. The maximum atomic E-state index is 11.9. The smallest absolute Gasteiger partial charge is 0.152 e. The van der Waals surface area contributed by atoms with Gasteiger partial charge in [0.2, 0.25) is 0 Å². The summed E-state index contributed by atoms with van der Waals surface area (Å²) in [6.45, 7) is 3.46. The molecule has 0 amide bonds. The molecule has 3 nitrogen and oxygen atoms in total. The van der Waals surface area contributed by atoms with Crippen LogP contribution in [-0.2, 0) is 22.7 Å². The van der Waals surface area contributed by atoms with Crippen LogP contribution < -0.4 is 5.73 Å². The maximum Gasteiger partial charge on any atom is 0.152 e. The highest BCUT2D eigenvalue weighted by molar-refractivity contribution is 7.91. The molecule has 2 N–H and O–H groups in total. The SMILES string of the molecule is CC(C)S(=O)(=O)CCC1(N)CCc2ccccc2C1. The Bertz CT molecular complexity index is 551. The Balaban J connectivity index is 2.06. The van der Waals surface area contributed by atoms with Gasteiger partial charge in [-0.25, -0.2) is 8.42 Å². The first-order chi connectivity index (χ1) is 8.82. The second-order valence-electron chi connectivity index (χ2n) is 5.97. The highest BCUT2D eigenvalue weighted by Gasteiger charge is 2.32. The van der Waals surface area contributed by atoms with E-state index in [-0.39, 0.29) is 16.5 Å². The Morgan fingerprint density at radius 1 is 1.26 bits per heavy atom. The standard InChI is InChI=1S/C15H23NO2S/c1-12(2)19(17,18)10-9-15(16)8-7-13-5-3-4-6-14(13)11-15/h3-6,12H,7-11,16H2,1-2H3. The topological polar surface area (TPSA) is 60.2 Å². The molecule has 1 aliphatic rings. The van der Waals surface area contributed by atoms with Crippen molar-refractivity contribution in [3.63, 3.8) is 0 Å². The third-order valence-corrected chi connectivity index (χ3v) is 6.37. The van der Waals surface area contributed by atoms with Gasteiger partial charge in [0, 0.05) is 5.54 Å². The molecule has 0 aliphatic heterocycles. The summed E-state index contributed by atoms with van der Waals surface area (Å²) >= 11 is 0. The molecule has 0 radical (unpaired) electrons. The molecule has 0 bridgehead atoms. The van der Waals surface area contributed by atoms with Crippen molar-refractivity contribution in [2.75, 3.05) is 5.75 Å². The molecule has 0 spiro atoms. The third kappa shape index (κ3) is 3.37. The highest BCUT2D eigenvalue weighted by atomic mass is 32.2. The van der Waals surface area contributed by atoms with E-state index >= 15 is 0 Å². The van der Waals surface area contributed by atoms with Crippen LogP contribution in [0.3, 0.4) is 0 Å². The van der Waals surface area contributed by atoms with Crippen LogP contribution in [0, 0.1) is 0 Å². The first-order valence-corrected chi connectivity index (χ1v) is 8.61. The lowest BCUT2D eigenvalue weighted by Gasteiger charge is -2.35. The monoisotopic (exact) mass is 281 g/mol. The van der Waals surface area contributed by atoms with Crippen LogP contribution >= 0.6 is 0 Å². The van der Waals surface area contributed by atoms with E-state index in [2.05, 4.69) is 12.1 Å². The van der Waals surface area contributed by atoms with Crippen LogP contribution in [0.5, 0.6) is 0 Å². The predicted octanol–water partition coefficient (Wildman–Crippen LogP) is 2.09. The number of nitrogens with two attached hydrogens (primary N) is 1. The molecule has 0 heterocycles. The molecule has 19 heavy (non-hydrogen) atoms. The number of fused-ring (bicyclic) bond motifs is 1. The van der Waals surface area contributed by atoms with Gasteiger partial charge < -0.3 is 5.73 Å². The molecular weight excluding hydrogens is 258 g/mol. The lowest BCUT2D eigenvalue weighted by Crippen LogP contribution is -2.46. The molecular formula is C15H23NO2S. The molecule has 0 saturated carbocycles. The second kappa shape index (κ2) is 5.25. The van der Waals surface area contributed by atoms with Gasteiger partial charge in [-0.2, -0.15) is 0 Å².